The SMILES string of the molecule is O=C(NCc1ccc(N2CCNCC2)c(F)c1)[C@@H]1CC1(Cl)Cl. The highest BCUT2D eigenvalue weighted by molar-refractivity contribution is 6.52. The van der Waals surface area contributed by atoms with Crippen LogP contribution in [0.15, 0.2) is 18.2 Å². The Labute approximate surface area is 138 Å². The first kappa shape index (κ1) is 15.8. The molecule has 22 heavy (non-hydrogen) atoms. The predicted molar refractivity (Wildman–Crippen MR) is 85.9 cm³/mol. The van der Waals surface area contributed by atoms with Crippen LogP contribution in [0.25, 0.3) is 0 Å². The number of carbonyl (C=O) groups is 1. The van der Waals surface area contributed by atoms with Crippen molar-refractivity contribution in [3.05, 3.63) is 29.6 Å². The highest BCUT2D eigenvalue weighted by Gasteiger charge is 2.56. The number of hydrogen-bond donors (Lipinski definition) is 2. The Kier molecular flexibility index (Phi) is 4.48. The number of anilines is 1. The number of hydrogen-bond acceptors (Lipinski definition) is 3. The molecular weight excluding hydrogens is 328 g/mol. The summed E-state index contributed by atoms with van der Waals surface area (Å²) in [7, 11) is 0. The van der Waals surface area contributed by atoms with Crippen molar-refractivity contribution in [2.75, 3.05) is 31.1 Å². The third-order valence-corrected chi connectivity index (χ3v) is 4.91. The summed E-state index contributed by atoms with van der Waals surface area (Å²) in [5.74, 6) is -0.804. The van der Waals surface area contributed by atoms with Crippen molar-refractivity contribution in [1.29, 1.82) is 0 Å². The minimum Gasteiger partial charge on any atom is -0.367 e. The van der Waals surface area contributed by atoms with Crippen LogP contribution in [0, 0.1) is 11.7 Å². The van der Waals surface area contributed by atoms with E-state index >= 15 is 0 Å². The molecule has 1 atom stereocenters. The van der Waals surface area contributed by atoms with E-state index in [1.807, 2.05) is 11.0 Å². The summed E-state index contributed by atoms with van der Waals surface area (Å²) < 4.78 is 13.3. The van der Waals surface area contributed by atoms with E-state index in [0.29, 0.717) is 12.1 Å². The molecule has 1 saturated carbocycles. The van der Waals surface area contributed by atoms with E-state index in [1.54, 1.807) is 6.07 Å². The van der Waals surface area contributed by atoms with Gasteiger partial charge in [-0.15, -0.1) is 23.2 Å². The smallest absolute Gasteiger partial charge is 0.226 e. The van der Waals surface area contributed by atoms with Gasteiger partial charge in [-0.2, -0.15) is 0 Å². The number of alkyl halides is 2. The van der Waals surface area contributed by atoms with Gasteiger partial charge in [-0.25, -0.2) is 4.39 Å². The average molecular weight is 346 g/mol. The molecule has 1 amide bonds. The molecule has 0 aromatic heterocycles. The van der Waals surface area contributed by atoms with Gasteiger partial charge in [0.15, 0.2) is 0 Å². The molecule has 120 valence electrons. The van der Waals surface area contributed by atoms with Gasteiger partial charge >= 0.3 is 0 Å². The minimum absolute atomic E-state index is 0.184. The molecule has 2 N–H and O–H groups in total. The van der Waals surface area contributed by atoms with Crippen LogP contribution in [0.1, 0.15) is 12.0 Å². The second-order valence-corrected chi connectivity index (χ2v) is 7.30. The van der Waals surface area contributed by atoms with Crippen LogP contribution >= 0.6 is 23.2 Å². The first-order chi connectivity index (χ1) is 10.5. The molecule has 0 unspecified atom stereocenters. The lowest BCUT2D eigenvalue weighted by Gasteiger charge is -2.29. The Balaban J connectivity index is 1.58. The summed E-state index contributed by atoms with van der Waals surface area (Å²) in [5, 5.41) is 5.98. The van der Waals surface area contributed by atoms with Crippen LogP contribution in [-0.4, -0.2) is 36.4 Å². The van der Waals surface area contributed by atoms with E-state index in [2.05, 4.69) is 10.6 Å². The Hall–Kier alpha value is -1.04. The molecule has 1 aliphatic heterocycles. The number of amides is 1. The molecular formula is C15H18Cl2FN3O. The summed E-state index contributed by atoms with van der Waals surface area (Å²) in [6.07, 6.45) is 0.470. The topological polar surface area (TPSA) is 44.4 Å². The monoisotopic (exact) mass is 345 g/mol. The maximum absolute atomic E-state index is 14.2. The van der Waals surface area contributed by atoms with Crippen molar-refractivity contribution in [1.82, 2.24) is 10.6 Å². The number of piperazine rings is 1. The summed E-state index contributed by atoms with van der Waals surface area (Å²) in [6, 6.07) is 5.08. The van der Waals surface area contributed by atoms with Crippen molar-refractivity contribution in [2.24, 2.45) is 5.92 Å². The molecule has 7 heteroatoms. The summed E-state index contributed by atoms with van der Waals surface area (Å²) in [4.78, 5) is 13.8. The minimum atomic E-state index is -0.929. The van der Waals surface area contributed by atoms with Gasteiger partial charge in [0.2, 0.25) is 5.91 Å². The third kappa shape index (κ3) is 3.47. The average Bonchev–Trinajstić information content (AvgIpc) is 3.15. The van der Waals surface area contributed by atoms with Crippen LogP contribution in [0.4, 0.5) is 10.1 Å². The molecule has 1 heterocycles. The van der Waals surface area contributed by atoms with Gasteiger partial charge in [0.1, 0.15) is 10.2 Å². The molecule has 2 aliphatic rings. The van der Waals surface area contributed by atoms with Gasteiger partial charge in [-0.05, 0) is 24.1 Å². The van der Waals surface area contributed by atoms with Crippen LogP contribution in [0.2, 0.25) is 0 Å². The van der Waals surface area contributed by atoms with Gasteiger partial charge in [0.25, 0.3) is 0 Å². The second-order valence-electron chi connectivity index (χ2n) is 5.76. The zero-order valence-electron chi connectivity index (χ0n) is 12.0. The summed E-state index contributed by atoms with van der Waals surface area (Å²) >= 11 is 11.7. The van der Waals surface area contributed by atoms with Gasteiger partial charge in [0.05, 0.1) is 11.6 Å². The van der Waals surface area contributed by atoms with Crippen molar-refractivity contribution in [2.45, 2.75) is 17.3 Å². The molecule has 1 saturated heterocycles. The lowest BCUT2D eigenvalue weighted by molar-refractivity contribution is -0.122. The predicted octanol–water partition coefficient (Wildman–Crippen LogP) is 2.05. The van der Waals surface area contributed by atoms with Crippen LogP contribution in [-0.2, 0) is 11.3 Å². The number of rotatable bonds is 4. The van der Waals surface area contributed by atoms with Crippen LogP contribution < -0.4 is 15.5 Å². The maximum atomic E-state index is 14.2. The Morgan fingerprint density at radius 1 is 1.41 bits per heavy atom. The van der Waals surface area contributed by atoms with Crippen molar-refractivity contribution < 1.29 is 9.18 Å². The molecule has 0 bridgehead atoms. The van der Waals surface area contributed by atoms with Crippen LogP contribution in [0.5, 0.6) is 0 Å². The maximum Gasteiger partial charge on any atom is 0.226 e. The molecule has 1 aliphatic carbocycles. The number of nitrogens with zero attached hydrogens (tertiary/aromatic N) is 1. The largest absolute Gasteiger partial charge is 0.367 e. The highest BCUT2D eigenvalue weighted by Crippen LogP contribution is 2.53. The van der Waals surface area contributed by atoms with E-state index in [4.69, 9.17) is 23.2 Å². The molecule has 1 aromatic carbocycles. The molecule has 2 fully saturated rings. The lowest BCUT2D eigenvalue weighted by atomic mass is 10.1. The zero-order valence-corrected chi connectivity index (χ0v) is 13.6. The van der Waals surface area contributed by atoms with Crippen LogP contribution in [0.3, 0.4) is 0 Å². The van der Waals surface area contributed by atoms with Gasteiger partial charge < -0.3 is 15.5 Å². The number of halogens is 3. The fourth-order valence-corrected chi connectivity index (χ4v) is 3.14. The van der Waals surface area contributed by atoms with Gasteiger partial charge in [-0.1, -0.05) is 6.07 Å². The fraction of sp³-hybridized carbons (Fsp3) is 0.533. The molecule has 0 spiro atoms. The van der Waals surface area contributed by atoms with E-state index in [0.717, 1.165) is 31.7 Å². The number of nitrogens with one attached hydrogen (secondary N) is 2. The van der Waals surface area contributed by atoms with Crippen molar-refractivity contribution in [3.8, 4) is 0 Å². The standard InChI is InChI=1S/C15H18Cl2FN3O/c16-15(17)8-11(15)14(22)20-9-10-1-2-13(12(18)7-10)21-5-3-19-4-6-21/h1-2,7,11,19H,3-6,8-9H2,(H,20,22)/t11-/m0/s1. The Morgan fingerprint density at radius 2 is 2.09 bits per heavy atom. The molecule has 1 aromatic rings. The summed E-state index contributed by atoms with van der Waals surface area (Å²) in [5.41, 5.74) is 1.33. The van der Waals surface area contributed by atoms with Crippen molar-refractivity contribution in [3.63, 3.8) is 0 Å². The number of benzene rings is 1. The van der Waals surface area contributed by atoms with Crippen molar-refractivity contribution >= 4 is 34.8 Å². The Bertz CT molecular complexity index is 576. The molecule has 4 nitrogen and oxygen atoms in total. The molecule has 0 radical (unpaired) electrons. The lowest BCUT2D eigenvalue weighted by Crippen LogP contribution is -2.43. The zero-order chi connectivity index (χ0) is 15.7. The first-order valence-corrected chi connectivity index (χ1v) is 8.12. The normalized spacial score (nSPS) is 23.2. The quantitative estimate of drug-likeness (QED) is 0.821. The number of carbonyl (C=O) groups excluding carboxylic acids is 1. The first-order valence-electron chi connectivity index (χ1n) is 7.37. The Morgan fingerprint density at radius 3 is 2.68 bits per heavy atom. The van der Waals surface area contributed by atoms with Gasteiger partial charge in [-0.3, -0.25) is 4.79 Å². The van der Waals surface area contributed by atoms with E-state index in [-0.39, 0.29) is 24.2 Å². The fourth-order valence-electron chi connectivity index (χ4n) is 2.63. The van der Waals surface area contributed by atoms with E-state index < -0.39 is 4.33 Å². The third-order valence-electron chi connectivity index (χ3n) is 4.08. The van der Waals surface area contributed by atoms with E-state index in [1.165, 1.54) is 6.07 Å². The summed E-state index contributed by atoms with van der Waals surface area (Å²) in [6.45, 7) is 3.58. The molecule has 3 rings (SSSR count). The second kappa shape index (κ2) is 6.22. The van der Waals surface area contributed by atoms with Gasteiger partial charge in [0, 0.05) is 32.7 Å². The highest BCUT2D eigenvalue weighted by atomic mass is 35.5. The van der Waals surface area contributed by atoms with E-state index in [9.17, 15) is 9.18 Å².